The summed E-state index contributed by atoms with van der Waals surface area (Å²) in [6, 6.07) is 3.55. The Morgan fingerprint density at radius 1 is 1.65 bits per heavy atom. The Morgan fingerprint density at radius 2 is 2.47 bits per heavy atom. The quantitative estimate of drug-likeness (QED) is 0.869. The van der Waals surface area contributed by atoms with Gasteiger partial charge in [-0.3, -0.25) is 9.59 Å². The van der Waals surface area contributed by atoms with Crippen molar-refractivity contribution in [3.05, 3.63) is 28.5 Å². The molecule has 17 heavy (non-hydrogen) atoms. The summed E-state index contributed by atoms with van der Waals surface area (Å²) >= 11 is 3.27. The fourth-order valence-corrected chi connectivity index (χ4v) is 2.12. The zero-order valence-electron chi connectivity index (χ0n) is 9.07. The van der Waals surface area contributed by atoms with Crippen LogP contribution in [0.1, 0.15) is 23.3 Å². The number of hydrogen-bond donors (Lipinski definition) is 2. The van der Waals surface area contributed by atoms with Crippen molar-refractivity contribution in [3.8, 4) is 0 Å². The van der Waals surface area contributed by atoms with Gasteiger partial charge in [0, 0.05) is 29.7 Å². The maximum Gasteiger partial charge on any atom is 0.271 e. The Hall–Kier alpha value is -1.43. The van der Waals surface area contributed by atoms with E-state index in [1.807, 2.05) is 0 Å². The molecule has 0 radical (unpaired) electrons. The summed E-state index contributed by atoms with van der Waals surface area (Å²) in [5, 5.41) is 5.55. The van der Waals surface area contributed by atoms with Gasteiger partial charge >= 0.3 is 0 Å². The molecule has 1 aromatic heterocycles. The second-order valence-electron chi connectivity index (χ2n) is 3.85. The lowest BCUT2D eigenvalue weighted by atomic mass is 10.2. The number of carbonyl (C=O) groups excluding carboxylic acids is 2. The summed E-state index contributed by atoms with van der Waals surface area (Å²) in [7, 11) is 0. The van der Waals surface area contributed by atoms with Gasteiger partial charge in [-0.15, -0.1) is 0 Å². The van der Waals surface area contributed by atoms with Crippen LogP contribution in [0.25, 0.3) is 0 Å². The summed E-state index contributed by atoms with van der Waals surface area (Å²) in [6.07, 6.45) is 2.87. The summed E-state index contributed by atoms with van der Waals surface area (Å²) in [4.78, 5) is 26.8. The van der Waals surface area contributed by atoms with Gasteiger partial charge in [0.2, 0.25) is 5.91 Å². The van der Waals surface area contributed by atoms with Gasteiger partial charge in [-0.25, -0.2) is 4.98 Å². The van der Waals surface area contributed by atoms with Crippen LogP contribution in [0.4, 0.5) is 0 Å². The molecular weight excluding hydrogens is 286 g/mol. The first-order valence-electron chi connectivity index (χ1n) is 5.35. The second kappa shape index (κ2) is 5.27. The van der Waals surface area contributed by atoms with Crippen LogP contribution in [-0.4, -0.2) is 29.4 Å². The van der Waals surface area contributed by atoms with Crippen molar-refractivity contribution in [2.45, 2.75) is 18.9 Å². The molecule has 0 bridgehead atoms. The molecule has 2 heterocycles. The molecule has 0 spiro atoms. The highest BCUT2D eigenvalue weighted by molar-refractivity contribution is 9.10. The Labute approximate surface area is 107 Å². The average Bonchev–Trinajstić information content (AvgIpc) is 2.73. The number of carbonyl (C=O) groups is 2. The molecule has 2 N–H and O–H groups in total. The molecule has 1 atom stereocenters. The van der Waals surface area contributed by atoms with Crippen LogP contribution in [0, 0.1) is 0 Å². The minimum absolute atomic E-state index is 0.0361. The van der Waals surface area contributed by atoms with Crippen LogP contribution < -0.4 is 10.6 Å². The molecule has 1 aliphatic heterocycles. The minimum Gasteiger partial charge on any atom is -0.352 e. The van der Waals surface area contributed by atoms with Gasteiger partial charge in [-0.05, 0) is 34.5 Å². The number of aromatic nitrogens is 1. The molecule has 1 fully saturated rings. The maximum absolute atomic E-state index is 11.8. The molecule has 1 aromatic rings. The Morgan fingerprint density at radius 3 is 3.12 bits per heavy atom. The predicted molar refractivity (Wildman–Crippen MR) is 65.4 cm³/mol. The second-order valence-corrected chi connectivity index (χ2v) is 4.70. The largest absolute Gasteiger partial charge is 0.352 e. The number of nitrogens with one attached hydrogen (secondary N) is 2. The number of pyridine rings is 1. The van der Waals surface area contributed by atoms with Crippen LogP contribution in [0.5, 0.6) is 0 Å². The molecular formula is C11H12BrN3O2. The molecule has 1 saturated heterocycles. The SMILES string of the molecule is O=C1CCC(CNC(=O)c2ncccc2Br)N1. The third-order valence-electron chi connectivity index (χ3n) is 2.57. The van der Waals surface area contributed by atoms with Gasteiger partial charge < -0.3 is 10.6 Å². The molecule has 2 rings (SSSR count). The normalized spacial score (nSPS) is 18.9. The molecule has 0 aliphatic carbocycles. The highest BCUT2D eigenvalue weighted by atomic mass is 79.9. The molecule has 1 unspecified atom stereocenters. The van der Waals surface area contributed by atoms with Gasteiger partial charge in [0.25, 0.3) is 5.91 Å². The highest BCUT2D eigenvalue weighted by Gasteiger charge is 2.21. The fraction of sp³-hybridized carbons (Fsp3) is 0.364. The number of halogens is 1. The summed E-state index contributed by atoms with van der Waals surface area (Å²) < 4.78 is 0.660. The predicted octanol–water partition coefficient (Wildman–Crippen LogP) is 0.852. The lowest BCUT2D eigenvalue weighted by molar-refractivity contribution is -0.119. The van der Waals surface area contributed by atoms with E-state index in [2.05, 4.69) is 31.5 Å². The van der Waals surface area contributed by atoms with E-state index in [9.17, 15) is 9.59 Å². The van der Waals surface area contributed by atoms with E-state index >= 15 is 0 Å². The van der Waals surface area contributed by atoms with Gasteiger partial charge in [0.15, 0.2) is 0 Å². The molecule has 1 aliphatic rings. The first kappa shape index (κ1) is 12.0. The van der Waals surface area contributed by atoms with Crippen molar-refractivity contribution in [1.82, 2.24) is 15.6 Å². The summed E-state index contributed by atoms with van der Waals surface area (Å²) in [5.74, 6) is -0.193. The van der Waals surface area contributed by atoms with E-state index in [4.69, 9.17) is 0 Å². The molecule has 0 aromatic carbocycles. The van der Waals surface area contributed by atoms with Crippen molar-refractivity contribution in [1.29, 1.82) is 0 Å². The monoisotopic (exact) mass is 297 g/mol. The van der Waals surface area contributed by atoms with Crippen LogP contribution >= 0.6 is 15.9 Å². The van der Waals surface area contributed by atoms with Crippen LogP contribution in [0.2, 0.25) is 0 Å². The standard InChI is InChI=1S/C11H12BrN3O2/c12-8-2-1-5-13-10(8)11(17)14-6-7-3-4-9(16)15-7/h1-2,5,7H,3-4,6H2,(H,14,17)(H,15,16). The Bertz CT molecular complexity index is 450. The topological polar surface area (TPSA) is 71.1 Å². The van der Waals surface area contributed by atoms with E-state index in [-0.39, 0.29) is 17.9 Å². The van der Waals surface area contributed by atoms with Crippen LogP contribution in [-0.2, 0) is 4.79 Å². The third kappa shape index (κ3) is 3.03. The lowest BCUT2D eigenvalue weighted by Gasteiger charge is -2.11. The van der Waals surface area contributed by atoms with Crippen molar-refractivity contribution < 1.29 is 9.59 Å². The summed E-state index contributed by atoms with van der Waals surface area (Å²) in [5.41, 5.74) is 0.358. The molecule has 0 saturated carbocycles. The van der Waals surface area contributed by atoms with E-state index in [1.54, 1.807) is 18.3 Å². The van der Waals surface area contributed by atoms with E-state index < -0.39 is 0 Å². The Kier molecular flexibility index (Phi) is 3.73. The van der Waals surface area contributed by atoms with Gasteiger partial charge in [0.1, 0.15) is 5.69 Å². The van der Waals surface area contributed by atoms with Gasteiger partial charge in [-0.1, -0.05) is 0 Å². The van der Waals surface area contributed by atoms with Crippen LogP contribution in [0.3, 0.4) is 0 Å². The highest BCUT2D eigenvalue weighted by Crippen LogP contribution is 2.13. The summed E-state index contributed by atoms with van der Waals surface area (Å²) in [6.45, 7) is 0.438. The van der Waals surface area contributed by atoms with Crippen LogP contribution in [0.15, 0.2) is 22.8 Å². The zero-order valence-corrected chi connectivity index (χ0v) is 10.7. The number of amides is 2. The number of rotatable bonds is 3. The number of hydrogen-bond acceptors (Lipinski definition) is 3. The van der Waals surface area contributed by atoms with Crippen molar-refractivity contribution >= 4 is 27.7 Å². The van der Waals surface area contributed by atoms with E-state index in [1.165, 1.54) is 0 Å². The Balaban J connectivity index is 1.90. The van der Waals surface area contributed by atoms with Gasteiger partial charge in [-0.2, -0.15) is 0 Å². The third-order valence-corrected chi connectivity index (χ3v) is 3.21. The number of nitrogens with zero attached hydrogens (tertiary/aromatic N) is 1. The van der Waals surface area contributed by atoms with Crippen molar-refractivity contribution in [3.63, 3.8) is 0 Å². The fourth-order valence-electron chi connectivity index (χ4n) is 1.68. The van der Waals surface area contributed by atoms with E-state index in [0.29, 0.717) is 23.1 Å². The molecule has 90 valence electrons. The van der Waals surface area contributed by atoms with E-state index in [0.717, 1.165) is 6.42 Å². The first-order chi connectivity index (χ1) is 8.16. The van der Waals surface area contributed by atoms with Gasteiger partial charge in [0.05, 0.1) is 0 Å². The average molecular weight is 298 g/mol. The minimum atomic E-state index is -0.237. The van der Waals surface area contributed by atoms with Crippen molar-refractivity contribution in [2.24, 2.45) is 0 Å². The lowest BCUT2D eigenvalue weighted by Crippen LogP contribution is -2.38. The van der Waals surface area contributed by atoms with Crippen molar-refractivity contribution in [2.75, 3.05) is 6.54 Å². The molecule has 6 heteroatoms. The molecule has 5 nitrogen and oxygen atoms in total. The maximum atomic E-state index is 11.8. The zero-order chi connectivity index (χ0) is 12.3. The smallest absolute Gasteiger partial charge is 0.271 e. The molecule has 2 amide bonds. The first-order valence-corrected chi connectivity index (χ1v) is 6.14.